The van der Waals surface area contributed by atoms with Crippen molar-refractivity contribution in [1.82, 2.24) is 5.32 Å². The van der Waals surface area contributed by atoms with Crippen LogP contribution < -0.4 is 10.6 Å². The van der Waals surface area contributed by atoms with Crippen LogP contribution in [-0.4, -0.2) is 29.8 Å². The van der Waals surface area contributed by atoms with Gasteiger partial charge in [-0.3, -0.25) is 0 Å². The SMILES string of the molecule is COC(=O)c1ccc(NC(=O)NC23CCC4CC(CC2C4)C3)cc1O. The Morgan fingerprint density at radius 1 is 1.24 bits per heavy atom. The zero-order valence-electron chi connectivity index (χ0n) is 14.4. The third-order valence-corrected chi connectivity index (χ3v) is 6.36. The van der Waals surface area contributed by atoms with Crippen LogP contribution in [0.1, 0.15) is 48.9 Å². The number of hydrogen-bond acceptors (Lipinski definition) is 4. The summed E-state index contributed by atoms with van der Waals surface area (Å²) in [6.45, 7) is 0. The molecule has 3 bridgehead atoms. The quantitative estimate of drug-likeness (QED) is 0.734. The lowest BCUT2D eigenvalue weighted by Gasteiger charge is -2.43. The minimum absolute atomic E-state index is 0.0598. The number of fused-ring (bicyclic) bond motifs is 2. The van der Waals surface area contributed by atoms with Gasteiger partial charge in [-0.2, -0.15) is 0 Å². The highest BCUT2D eigenvalue weighted by atomic mass is 16.5. The van der Waals surface area contributed by atoms with Crippen LogP contribution in [0.3, 0.4) is 0 Å². The Bertz CT molecular complexity index is 719. The Morgan fingerprint density at radius 2 is 2.04 bits per heavy atom. The van der Waals surface area contributed by atoms with Crippen LogP contribution in [0.4, 0.5) is 10.5 Å². The lowest BCUT2D eigenvalue weighted by Crippen LogP contribution is -2.54. The highest BCUT2D eigenvalue weighted by molar-refractivity contribution is 5.95. The molecule has 4 rings (SSSR count). The minimum atomic E-state index is -0.609. The van der Waals surface area contributed by atoms with Crippen molar-refractivity contribution in [3.8, 4) is 5.75 Å². The van der Waals surface area contributed by atoms with Crippen molar-refractivity contribution in [3.63, 3.8) is 0 Å². The van der Waals surface area contributed by atoms with Crippen LogP contribution in [0.15, 0.2) is 18.2 Å². The first-order valence-electron chi connectivity index (χ1n) is 8.99. The van der Waals surface area contributed by atoms with Gasteiger partial charge < -0.3 is 20.5 Å². The minimum Gasteiger partial charge on any atom is -0.507 e. The highest BCUT2D eigenvalue weighted by Crippen LogP contribution is 2.57. The third kappa shape index (κ3) is 2.83. The maximum absolute atomic E-state index is 12.5. The number of esters is 1. The van der Waals surface area contributed by atoms with E-state index in [9.17, 15) is 14.7 Å². The molecule has 0 spiro atoms. The van der Waals surface area contributed by atoms with Gasteiger partial charge in [0.2, 0.25) is 0 Å². The molecule has 3 saturated carbocycles. The van der Waals surface area contributed by atoms with Gasteiger partial charge in [0.05, 0.1) is 7.11 Å². The van der Waals surface area contributed by atoms with Gasteiger partial charge in [-0.05, 0) is 68.4 Å². The van der Waals surface area contributed by atoms with E-state index < -0.39 is 5.97 Å². The molecule has 3 fully saturated rings. The molecule has 0 saturated heterocycles. The number of carbonyl (C=O) groups excluding carboxylic acids is 2. The van der Waals surface area contributed by atoms with Gasteiger partial charge in [0.15, 0.2) is 0 Å². The molecule has 134 valence electrons. The van der Waals surface area contributed by atoms with E-state index >= 15 is 0 Å². The molecule has 3 aliphatic carbocycles. The second kappa shape index (κ2) is 5.93. The smallest absolute Gasteiger partial charge is 0.341 e. The van der Waals surface area contributed by atoms with Crippen LogP contribution >= 0.6 is 0 Å². The first-order valence-corrected chi connectivity index (χ1v) is 8.99. The molecular formula is C19H24N2O4. The van der Waals surface area contributed by atoms with Gasteiger partial charge in [0, 0.05) is 17.3 Å². The largest absolute Gasteiger partial charge is 0.507 e. The first-order chi connectivity index (χ1) is 12.0. The molecular weight excluding hydrogens is 320 g/mol. The van der Waals surface area contributed by atoms with E-state index in [-0.39, 0.29) is 22.9 Å². The van der Waals surface area contributed by atoms with E-state index in [0.29, 0.717) is 11.6 Å². The number of benzene rings is 1. The highest BCUT2D eigenvalue weighted by Gasteiger charge is 2.54. The number of carbonyl (C=O) groups is 2. The third-order valence-electron chi connectivity index (χ3n) is 6.36. The maximum Gasteiger partial charge on any atom is 0.341 e. The van der Waals surface area contributed by atoms with Crippen molar-refractivity contribution in [3.05, 3.63) is 23.8 Å². The number of nitrogens with one attached hydrogen (secondary N) is 2. The molecule has 25 heavy (non-hydrogen) atoms. The van der Waals surface area contributed by atoms with E-state index in [1.165, 1.54) is 44.9 Å². The Labute approximate surface area is 146 Å². The van der Waals surface area contributed by atoms with Crippen LogP contribution in [0.25, 0.3) is 0 Å². The van der Waals surface area contributed by atoms with Gasteiger partial charge >= 0.3 is 12.0 Å². The monoisotopic (exact) mass is 344 g/mol. The molecule has 1 aromatic rings. The number of phenols is 1. The van der Waals surface area contributed by atoms with E-state index in [1.807, 2.05) is 0 Å². The second-order valence-electron chi connectivity index (χ2n) is 7.84. The van der Waals surface area contributed by atoms with Crippen LogP contribution in [0.5, 0.6) is 5.75 Å². The number of ether oxygens (including phenoxy) is 1. The van der Waals surface area contributed by atoms with Gasteiger partial charge in [0.25, 0.3) is 0 Å². The molecule has 6 heteroatoms. The summed E-state index contributed by atoms with van der Waals surface area (Å²) < 4.78 is 4.60. The average molecular weight is 344 g/mol. The molecule has 0 radical (unpaired) electrons. The summed E-state index contributed by atoms with van der Waals surface area (Å²) in [4.78, 5) is 24.0. The fourth-order valence-corrected chi connectivity index (χ4v) is 5.36. The van der Waals surface area contributed by atoms with E-state index in [2.05, 4.69) is 15.4 Å². The summed E-state index contributed by atoms with van der Waals surface area (Å²) >= 11 is 0. The molecule has 3 aliphatic rings. The van der Waals surface area contributed by atoms with E-state index in [4.69, 9.17) is 0 Å². The fraction of sp³-hybridized carbons (Fsp3) is 0.579. The Morgan fingerprint density at radius 3 is 2.80 bits per heavy atom. The van der Waals surface area contributed by atoms with Crippen molar-refractivity contribution in [2.45, 2.75) is 44.1 Å². The molecule has 0 aliphatic heterocycles. The van der Waals surface area contributed by atoms with Crippen molar-refractivity contribution >= 4 is 17.7 Å². The number of aromatic hydroxyl groups is 1. The van der Waals surface area contributed by atoms with Gasteiger partial charge in [-0.15, -0.1) is 0 Å². The lowest BCUT2D eigenvalue weighted by molar-refractivity contribution is 0.0597. The standard InChI is InChI=1S/C19H24N2O4/c1-25-17(23)15-3-2-14(9-16(15)22)20-18(24)21-19-5-4-11-6-12(10-19)8-13(19)7-11/h2-3,9,11-13,22H,4-8,10H2,1H3,(H2,20,21,24). The number of methoxy groups -OCH3 is 1. The van der Waals surface area contributed by atoms with Crippen molar-refractivity contribution in [1.29, 1.82) is 0 Å². The number of hydrogen-bond donors (Lipinski definition) is 3. The van der Waals surface area contributed by atoms with Gasteiger partial charge in [0.1, 0.15) is 11.3 Å². The van der Waals surface area contributed by atoms with E-state index in [1.54, 1.807) is 6.07 Å². The topological polar surface area (TPSA) is 87.7 Å². The van der Waals surface area contributed by atoms with Crippen LogP contribution in [0.2, 0.25) is 0 Å². The summed E-state index contributed by atoms with van der Waals surface area (Å²) in [5, 5.41) is 16.0. The molecule has 0 aromatic heterocycles. The summed E-state index contributed by atoms with van der Waals surface area (Å²) in [6, 6.07) is 4.17. The molecule has 0 heterocycles. The zero-order chi connectivity index (χ0) is 17.6. The Balaban J connectivity index is 1.44. The molecule has 4 atom stereocenters. The molecule has 1 aromatic carbocycles. The Hall–Kier alpha value is -2.24. The first kappa shape index (κ1) is 16.2. The van der Waals surface area contributed by atoms with E-state index in [0.717, 1.165) is 24.7 Å². The number of rotatable bonds is 3. The molecule has 6 nitrogen and oxygen atoms in total. The normalized spacial score (nSPS) is 32.3. The fourth-order valence-electron chi connectivity index (χ4n) is 5.36. The van der Waals surface area contributed by atoms with Gasteiger partial charge in [-0.25, -0.2) is 9.59 Å². The molecule has 4 unspecified atom stereocenters. The predicted molar refractivity (Wildman–Crippen MR) is 92.5 cm³/mol. The number of urea groups is 1. The van der Waals surface area contributed by atoms with Crippen molar-refractivity contribution < 1.29 is 19.4 Å². The summed E-state index contributed by atoms with van der Waals surface area (Å²) in [7, 11) is 1.26. The summed E-state index contributed by atoms with van der Waals surface area (Å²) in [5.74, 6) is 1.40. The zero-order valence-corrected chi connectivity index (χ0v) is 14.4. The summed E-state index contributed by atoms with van der Waals surface area (Å²) in [5.41, 5.74) is 0.471. The summed E-state index contributed by atoms with van der Waals surface area (Å²) in [6.07, 6.45) is 7.18. The second-order valence-corrected chi connectivity index (χ2v) is 7.84. The maximum atomic E-state index is 12.5. The average Bonchev–Trinajstić information content (AvgIpc) is 2.73. The van der Waals surface area contributed by atoms with Crippen molar-refractivity contribution in [2.24, 2.45) is 17.8 Å². The van der Waals surface area contributed by atoms with Crippen LogP contribution in [0, 0.1) is 17.8 Å². The van der Waals surface area contributed by atoms with Crippen molar-refractivity contribution in [2.75, 3.05) is 12.4 Å². The molecule has 3 N–H and O–H groups in total. The van der Waals surface area contributed by atoms with Gasteiger partial charge in [-0.1, -0.05) is 0 Å². The predicted octanol–water partition coefficient (Wildman–Crippen LogP) is 3.27. The molecule has 2 amide bonds. The number of phenolic OH excluding ortho intramolecular Hbond substituents is 1. The Kier molecular flexibility index (Phi) is 3.85. The number of amides is 2. The number of anilines is 1. The lowest BCUT2D eigenvalue weighted by atomic mass is 9.69. The van der Waals surface area contributed by atoms with Crippen LogP contribution in [-0.2, 0) is 4.74 Å².